The third-order valence-corrected chi connectivity index (χ3v) is 3.29. The highest BCUT2D eigenvalue weighted by Crippen LogP contribution is 2.16. The number of nitrogens with one attached hydrogen (secondary N) is 1. The van der Waals surface area contributed by atoms with Crippen LogP contribution in [0.2, 0.25) is 5.02 Å². The van der Waals surface area contributed by atoms with Gasteiger partial charge in [0.15, 0.2) is 5.96 Å². The molecule has 0 aliphatic rings. The summed E-state index contributed by atoms with van der Waals surface area (Å²) in [5, 5.41) is 3.90. The van der Waals surface area contributed by atoms with Crippen LogP contribution in [0, 0.1) is 0 Å². The van der Waals surface area contributed by atoms with Crippen LogP contribution in [0.25, 0.3) is 0 Å². The Bertz CT molecular complexity index is 508. The zero-order valence-corrected chi connectivity index (χ0v) is 16.6. The Balaban J connectivity index is 0.00000441. The SMILES string of the molecule is CCNC(=NCC(=O)N(C)C)N(C)Cc1ccccc1Cl.I. The van der Waals surface area contributed by atoms with Gasteiger partial charge in [-0.2, -0.15) is 0 Å². The second-order valence-corrected chi connectivity index (χ2v) is 5.31. The third-order valence-electron chi connectivity index (χ3n) is 2.92. The van der Waals surface area contributed by atoms with Crippen molar-refractivity contribution >= 4 is 47.4 Å². The molecule has 0 atom stereocenters. The summed E-state index contributed by atoms with van der Waals surface area (Å²) in [4.78, 5) is 19.5. The van der Waals surface area contributed by atoms with E-state index in [1.54, 1.807) is 14.1 Å². The van der Waals surface area contributed by atoms with Gasteiger partial charge in [0, 0.05) is 39.3 Å². The lowest BCUT2D eigenvalue weighted by Crippen LogP contribution is -2.39. The van der Waals surface area contributed by atoms with Crippen molar-refractivity contribution in [2.75, 3.05) is 34.2 Å². The highest BCUT2D eigenvalue weighted by atomic mass is 127. The Kier molecular flexibility index (Phi) is 10.2. The fraction of sp³-hybridized carbons (Fsp3) is 0.467. The van der Waals surface area contributed by atoms with Crippen LogP contribution in [-0.2, 0) is 11.3 Å². The van der Waals surface area contributed by atoms with Crippen molar-refractivity contribution in [3.63, 3.8) is 0 Å². The summed E-state index contributed by atoms with van der Waals surface area (Å²) in [7, 11) is 5.36. The summed E-state index contributed by atoms with van der Waals surface area (Å²) in [5.74, 6) is 0.657. The topological polar surface area (TPSA) is 47.9 Å². The summed E-state index contributed by atoms with van der Waals surface area (Å²) in [6.45, 7) is 3.48. The van der Waals surface area contributed by atoms with E-state index in [1.165, 1.54) is 4.90 Å². The predicted molar refractivity (Wildman–Crippen MR) is 103 cm³/mol. The molecule has 1 N–H and O–H groups in total. The molecule has 0 saturated heterocycles. The molecule has 1 amide bonds. The van der Waals surface area contributed by atoms with E-state index in [1.807, 2.05) is 43.1 Å². The molecule has 124 valence electrons. The van der Waals surface area contributed by atoms with Gasteiger partial charge in [-0.15, -0.1) is 24.0 Å². The first-order chi connectivity index (χ1) is 9.95. The molecule has 0 spiro atoms. The molecule has 7 heteroatoms. The van der Waals surface area contributed by atoms with Crippen LogP contribution in [0.5, 0.6) is 0 Å². The maximum atomic E-state index is 11.6. The minimum Gasteiger partial charge on any atom is -0.357 e. The first-order valence-electron chi connectivity index (χ1n) is 6.88. The molecule has 1 rings (SSSR count). The standard InChI is InChI=1S/C15H23ClN4O.HI/c1-5-17-15(18-10-14(21)19(2)3)20(4)11-12-8-6-7-9-13(12)16;/h6-9H,5,10-11H2,1-4H3,(H,17,18);1H. The van der Waals surface area contributed by atoms with Crippen molar-refractivity contribution in [3.05, 3.63) is 34.9 Å². The maximum absolute atomic E-state index is 11.6. The van der Waals surface area contributed by atoms with Crippen molar-refractivity contribution in [3.8, 4) is 0 Å². The van der Waals surface area contributed by atoms with Crippen LogP contribution in [-0.4, -0.2) is 55.9 Å². The van der Waals surface area contributed by atoms with E-state index in [-0.39, 0.29) is 36.4 Å². The third kappa shape index (κ3) is 6.83. The van der Waals surface area contributed by atoms with Gasteiger partial charge in [-0.25, -0.2) is 4.99 Å². The molecule has 22 heavy (non-hydrogen) atoms. The van der Waals surface area contributed by atoms with Gasteiger partial charge >= 0.3 is 0 Å². The second-order valence-electron chi connectivity index (χ2n) is 4.91. The zero-order chi connectivity index (χ0) is 15.8. The lowest BCUT2D eigenvalue weighted by molar-refractivity contribution is -0.127. The molecule has 0 heterocycles. The summed E-state index contributed by atoms with van der Waals surface area (Å²) < 4.78 is 0. The van der Waals surface area contributed by atoms with Crippen LogP contribution in [0.4, 0.5) is 0 Å². The van der Waals surface area contributed by atoms with Gasteiger partial charge in [0.2, 0.25) is 5.91 Å². The minimum absolute atomic E-state index is 0. The van der Waals surface area contributed by atoms with E-state index < -0.39 is 0 Å². The number of likely N-dealkylation sites (N-methyl/N-ethyl adjacent to an activating group) is 1. The Labute approximate surface area is 154 Å². The monoisotopic (exact) mass is 438 g/mol. The van der Waals surface area contributed by atoms with Gasteiger partial charge in [-0.05, 0) is 18.6 Å². The van der Waals surface area contributed by atoms with E-state index in [0.29, 0.717) is 12.5 Å². The highest BCUT2D eigenvalue weighted by molar-refractivity contribution is 14.0. The van der Waals surface area contributed by atoms with Gasteiger partial charge in [0.1, 0.15) is 6.54 Å². The van der Waals surface area contributed by atoms with Crippen LogP contribution in [0.15, 0.2) is 29.3 Å². The molecule has 0 bridgehead atoms. The largest absolute Gasteiger partial charge is 0.357 e. The van der Waals surface area contributed by atoms with Gasteiger partial charge in [-0.1, -0.05) is 29.8 Å². The quantitative estimate of drug-likeness (QED) is 0.436. The lowest BCUT2D eigenvalue weighted by atomic mass is 10.2. The molecule has 0 aliphatic heterocycles. The van der Waals surface area contributed by atoms with E-state index in [2.05, 4.69) is 10.3 Å². The van der Waals surface area contributed by atoms with Gasteiger partial charge < -0.3 is 15.1 Å². The number of rotatable bonds is 5. The summed E-state index contributed by atoms with van der Waals surface area (Å²) in [6, 6.07) is 7.70. The van der Waals surface area contributed by atoms with Crippen LogP contribution < -0.4 is 5.32 Å². The van der Waals surface area contributed by atoms with Crippen LogP contribution >= 0.6 is 35.6 Å². The summed E-state index contributed by atoms with van der Waals surface area (Å²) >= 11 is 6.17. The molecule has 0 fully saturated rings. The van der Waals surface area contributed by atoms with Crippen LogP contribution in [0.3, 0.4) is 0 Å². The number of nitrogens with zero attached hydrogens (tertiary/aromatic N) is 3. The summed E-state index contributed by atoms with van der Waals surface area (Å²) in [5.41, 5.74) is 1.02. The number of amides is 1. The fourth-order valence-corrected chi connectivity index (χ4v) is 1.91. The molecule has 0 aromatic heterocycles. The number of aliphatic imine (C=N–C) groups is 1. The predicted octanol–water partition coefficient (Wildman–Crippen LogP) is 2.44. The summed E-state index contributed by atoms with van der Waals surface area (Å²) in [6.07, 6.45) is 0. The van der Waals surface area contributed by atoms with Crippen LogP contribution in [0.1, 0.15) is 12.5 Å². The average molecular weight is 439 g/mol. The molecular formula is C15H24ClIN4O. The molecule has 0 unspecified atom stereocenters. The average Bonchev–Trinajstić information content (AvgIpc) is 2.45. The van der Waals surface area contributed by atoms with Crippen molar-refractivity contribution in [1.82, 2.24) is 15.1 Å². The van der Waals surface area contributed by atoms with E-state index >= 15 is 0 Å². The Hall–Kier alpha value is -1.02. The Morgan fingerprint density at radius 2 is 1.91 bits per heavy atom. The second kappa shape index (κ2) is 10.7. The Morgan fingerprint density at radius 1 is 1.27 bits per heavy atom. The number of halogens is 2. The lowest BCUT2D eigenvalue weighted by Gasteiger charge is -2.22. The number of carbonyl (C=O) groups is 1. The smallest absolute Gasteiger partial charge is 0.243 e. The van der Waals surface area contributed by atoms with Crippen molar-refractivity contribution in [2.24, 2.45) is 4.99 Å². The van der Waals surface area contributed by atoms with E-state index in [4.69, 9.17) is 11.6 Å². The van der Waals surface area contributed by atoms with Crippen molar-refractivity contribution in [1.29, 1.82) is 0 Å². The molecule has 0 saturated carbocycles. The number of hydrogen-bond donors (Lipinski definition) is 1. The number of guanidine groups is 1. The Morgan fingerprint density at radius 3 is 2.45 bits per heavy atom. The minimum atomic E-state index is -0.0310. The van der Waals surface area contributed by atoms with E-state index in [9.17, 15) is 4.79 Å². The molecule has 1 aromatic carbocycles. The van der Waals surface area contributed by atoms with Gasteiger partial charge in [0.25, 0.3) is 0 Å². The van der Waals surface area contributed by atoms with Gasteiger partial charge in [0.05, 0.1) is 0 Å². The number of carbonyl (C=O) groups excluding carboxylic acids is 1. The van der Waals surface area contributed by atoms with E-state index in [0.717, 1.165) is 17.1 Å². The zero-order valence-electron chi connectivity index (χ0n) is 13.5. The fourth-order valence-electron chi connectivity index (χ4n) is 1.71. The molecular weight excluding hydrogens is 415 g/mol. The number of benzene rings is 1. The van der Waals surface area contributed by atoms with Gasteiger partial charge in [-0.3, -0.25) is 4.79 Å². The molecule has 1 aromatic rings. The normalized spacial score (nSPS) is 10.7. The highest BCUT2D eigenvalue weighted by Gasteiger charge is 2.10. The molecule has 5 nitrogen and oxygen atoms in total. The first kappa shape index (κ1) is 21.0. The number of hydrogen-bond acceptors (Lipinski definition) is 2. The maximum Gasteiger partial charge on any atom is 0.243 e. The van der Waals surface area contributed by atoms with Crippen molar-refractivity contribution in [2.45, 2.75) is 13.5 Å². The molecule has 0 aliphatic carbocycles. The van der Waals surface area contributed by atoms with Crippen molar-refractivity contribution < 1.29 is 4.79 Å². The first-order valence-corrected chi connectivity index (χ1v) is 7.26. The molecule has 0 radical (unpaired) electrons.